The highest BCUT2D eigenvalue weighted by Crippen LogP contribution is 2.48. The summed E-state index contributed by atoms with van der Waals surface area (Å²) in [4.78, 5) is 28.2. The molecule has 5 rings (SSSR count). The average Bonchev–Trinajstić information content (AvgIpc) is 3.25. The zero-order valence-corrected chi connectivity index (χ0v) is 23.1. The van der Waals surface area contributed by atoms with Crippen molar-refractivity contribution in [3.63, 3.8) is 0 Å². The van der Waals surface area contributed by atoms with Crippen molar-refractivity contribution >= 4 is 40.0 Å². The molecule has 38 heavy (non-hydrogen) atoms. The van der Waals surface area contributed by atoms with Gasteiger partial charge in [0.15, 0.2) is 0 Å². The van der Waals surface area contributed by atoms with E-state index in [1.165, 1.54) is 12.1 Å². The molecule has 0 aromatic heterocycles. The third-order valence-corrected chi connectivity index (χ3v) is 10.4. The number of carbonyl (C=O) groups excluding carboxylic acids is 2. The molecule has 1 spiro atoms. The Labute approximate surface area is 223 Å². The number of ether oxygens (including phenoxy) is 1. The number of anilines is 1. The zero-order valence-electron chi connectivity index (χ0n) is 22.3. The van der Waals surface area contributed by atoms with Crippen LogP contribution in [0.2, 0.25) is 0 Å². The summed E-state index contributed by atoms with van der Waals surface area (Å²) in [5.74, 6) is -1.41. The van der Waals surface area contributed by atoms with E-state index < -0.39 is 50.8 Å². The first kappa shape index (κ1) is 26.9. The van der Waals surface area contributed by atoms with Gasteiger partial charge < -0.3 is 19.4 Å². The Morgan fingerprint density at radius 2 is 1.58 bits per heavy atom. The molecular formula is C27H33BN2O7S. The van der Waals surface area contributed by atoms with Gasteiger partial charge in [0.1, 0.15) is 0 Å². The number of nitrogens with zero attached hydrogens (tertiary/aromatic N) is 1. The first-order valence-corrected chi connectivity index (χ1v) is 14.3. The van der Waals surface area contributed by atoms with Gasteiger partial charge >= 0.3 is 13.1 Å². The summed E-state index contributed by atoms with van der Waals surface area (Å²) in [5, 5.41) is 1.40. The van der Waals surface area contributed by atoms with Crippen LogP contribution in [0.3, 0.4) is 0 Å². The van der Waals surface area contributed by atoms with Crippen molar-refractivity contribution in [2.75, 3.05) is 25.1 Å². The van der Waals surface area contributed by atoms with Crippen LogP contribution >= 0.6 is 0 Å². The maximum Gasteiger partial charge on any atom is 0.494 e. The standard InChI is InChI=1S/C27H33BN2O7S/c1-25(2)26(3,4)37-28(36-25)18-10-12-19(13-11-18)38(33,34)22(23(31)35-5)30-21-9-7-6-8-20(21)27(24(30)32)14-16-29-17-15-27/h6-13,22,29H,14-17H2,1-5H3/t22-/m1/s1. The summed E-state index contributed by atoms with van der Waals surface area (Å²) in [6, 6.07) is 13.1. The normalized spacial score (nSPS) is 22.4. The predicted octanol–water partition coefficient (Wildman–Crippen LogP) is 1.93. The van der Waals surface area contributed by atoms with Crippen molar-refractivity contribution in [3.8, 4) is 0 Å². The number of esters is 1. The number of hydrogen-bond acceptors (Lipinski definition) is 8. The van der Waals surface area contributed by atoms with E-state index >= 15 is 0 Å². The smallest absolute Gasteiger partial charge is 0.467 e. The Balaban J connectivity index is 1.53. The highest BCUT2D eigenvalue weighted by molar-refractivity contribution is 7.93. The number of rotatable bonds is 5. The molecule has 2 aromatic rings. The van der Waals surface area contributed by atoms with Crippen LogP contribution in [0, 0.1) is 0 Å². The molecule has 1 amide bonds. The van der Waals surface area contributed by atoms with Crippen LogP contribution in [0.5, 0.6) is 0 Å². The van der Waals surface area contributed by atoms with E-state index in [2.05, 4.69) is 5.32 Å². The van der Waals surface area contributed by atoms with E-state index in [0.29, 0.717) is 37.1 Å². The lowest BCUT2D eigenvalue weighted by Gasteiger charge is -2.34. The summed E-state index contributed by atoms with van der Waals surface area (Å²) in [6.45, 7) is 8.98. The van der Waals surface area contributed by atoms with Gasteiger partial charge in [-0.1, -0.05) is 30.3 Å². The predicted molar refractivity (Wildman–Crippen MR) is 143 cm³/mol. The lowest BCUT2D eigenvalue weighted by atomic mass is 9.74. The Morgan fingerprint density at radius 1 is 1.00 bits per heavy atom. The Hall–Kier alpha value is -2.73. The molecule has 3 aliphatic heterocycles. The number of piperidine rings is 1. The average molecular weight is 540 g/mol. The van der Waals surface area contributed by atoms with Crippen LogP contribution in [0.25, 0.3) is 0 Å². The quantitative estimate of drug-likeness (QED) is 0.453. The molecule has 2 aromatic carbocycles. The maximum absolute atomic E-state index is 14.0. The van der Waals surface area contributed by atoms with Gasteiger partial charge in [0.2, 0.25) is 21.1 Å². The van der Waals surface area contributed by atoms with Gasteiger partial charge in [-0.05, 0) is 82.9 Å². The highest BCUT2D eigenvalue weighted by Gasteiger charge is 2.57. The second kappa shape index (κ2) is 9.19. The van der Waals surface area contributed by atoms with Crippen molar-refractivity contribution in [1.82, 2.24) is 5.32 Å². The molecule has 0 radical (unpaired) electrons. The lowest BCUT2D eigenvalue weighted by molar-refractivity contribution is -0.141. The minimum atomic E-state index is -4.38. The van der Waals surface area contributed by atoms with Crippen LogP contribution in [0.4, 0.5) is 5.69 Å². The van der Waals surface area contributed by atoms with Gasteiger partial charge in [-0.3, -0.25) is 9.69 Å². The minimum Gasteiger partial charge on any atom is -0.467 e. The van der Waals surface area contributed by atoms with Gasteiger partial charge in [0.25, 0.3) is 0 Å². The van der Waals surface area contributed by atoms with E-state index in [-0.39, 0.29) is 4.90 Å². The Morgan fingerprint density at radius 3 is 2.16 bits per heavy atom. The number of benzene rings is 2. The lowest BCUT2D eigenvalue weighted by Crippen LogP contribution is -2.54. The Kier molecular flexibility index (Phi) is 6.49. The van der Waals surface area contributed by atoms with Gasteiger partial charge in [-0.2, -0.15) is 0 Å². The monoisotopic (exact) mass is 540 g/mol. The number of amides is 1. The SMILES string of the molecule is COC(=O)[C@H](N1C(=O)C2(CCNCC2)c2ccccc21)S(=O)(=O)c1ccc(B2OC(C)(C)C(C)(C)O2)cc1. The third-order valence-electron chi connectivity index (χ3n) is 8.43. The minimum absolute atomic E-state index is 0.107. The number of hydrogen-bond donors (Lipinski definition) is 1. The van der Waals surface area contributed by atoms with Crippen molar-refractivity contribution in [2.24, 2.45) is 0 Å². The molecule has 0 bridgehead atoms. The molecule has 0 unspecified atom stereocenters. The van der Waals surface area contributed by atoms with E-state index in [0.717, 1.165) is 17.6 Å². The first-order valence-electron chi connectivity index (χ1n) is 12.8. The summed E-state index contributed by atoms with van der Waals surface area (Å²) in [6.07, 6.45) is 1.02. The van der Waals surface area contributed by atoms with Crippen molar-refractivity contribution in [2.45, 2.75) is 67.4 Å². The van der Waals surface area contributed by atoms with Crippen LogP contribution in [0.1, 0.15) is 46.1 Å². The topological polar surface area (TPSA) is 111 Å². The van der Waals surface area contributed by atoms with Crippen molar-refractivity contribution < 1.29 is 32.1 Å². The third kappa shape index (κ3) is 3.98. The number of methoxy groups -OCH3 is 1. The van der Waals surface area contributed by atoms with Gasteiger partial charge in [-0.15, -0.1) is 0 Å². The summed E-state index contributed by atoms with van der Waals surface area (Å²) >= 11 is 0. The number of nitrogens with one attached hydrogen (secondary N) is 1. The number of fused-ring (bicyclic) bond motifs is 2. The summed E-state index contributed by atoms with van der Waals surface area (Å²) < 4.78 is 45.1. The molecule has 2 saturated heterocycles. The van der Waals surface area contributed by atoms with Crippen LogP contribution in [0.15, 0.2) is 53.4 Å². The molecule has 9 nitrogen and oxygen atoms in total. The molecule has 11 heteroatoms. The van der Waals surface area contributed by atoms with E-state index in [9.17, 15) is 18.0 Å². The van der Waals surface area contributed by atoms with E-state index in [4.69, 9.17) is 14.0 Å². The molecule has 3 aliphatic rings. The van der Waals surface area contributed by atoms with E-state index in [1.54, 1.807) is 24.3 Å². The zero-order chi connectivity index (χ0) is 27.5. The fourth-order valence-corrected chi connectivity index (χ4v) is 7.12. The molecule has 0 aliphatic carbocycles. The van der Waals surface area contributed by atoms with Gasteiger partial charge in [0.05, 0.1) is 28.6 Å². The summed E-state index contributed by atoms with van der Waals surface area (Å²) in [5.41, 5.74) is -0.170. The molecule has 3 heterocycles. The fraction of sp³-hybridized carbons (Fsp3) is 0.481. The largest absolute Gasteiger partial charge is 0.494 e. The second-order valence-corrected chi connectivity index (χ2v) is 13.1. The number of carbonyl (C=O) groups is 2. The van der Waals surface area contributed by atoms with Crippen molar-refractivity contribution in [3.05, 3.63) is 54.1 Å². The number of sulfone groups is 1. The van der Waals surface area contributed by atoms with Gasteiger partial charge in [-0.25, -0.2) is 13.2 Å². The molecule has 1 atom stereocenters. The summed E-state index contributed by atoms with van der Waals surface area (Å²) in [7, 11) is -3.92. The maximum atomic E-state index is 14.0. The van der Waals surface area contributed by atoms with Gasteiger partial charge in [0, 0.05) is 5.69 Å². The van der Waals surface area contributed by atoms with Crippen LogP contribution < -0.4 is 15.7 Å². The molecule has 202 valence electrons. The van der Waals surface area contributed by atoms with Crippen molar-refractivity contribution in [1.29, 1.82) is 0 Å². The first-order chi connectivity index (χ1) is 17.9. The molecule has 2 fully saturated rings. The van der Waals surface area contributed by atoms with E-state index in [1.807, 2.05) is 39.8 Å². The fourth-order valence-electron chi connectivity index (χ4n) is 5.51. The molecular weight excluding hydrogens is 507 g/mol. The van der Waals surface area contributed by atoms with Crippen LogP contribution in [-0.4, -0.2) is 64.2 Å². The highest BCUT2D eigenvalue weighted by atomic mass is 32.2. The second-order valence-electron chi connectivity index (χ2n) is 11.1. The molecule has 1 N–H and O–H groups in total. The number of para-hydroxylation sites is 1. The molecule has 0 saturated carbocycles. The van der Waals surface area contributed by atoms with Crippen LogP contribution in [-0.2, 0) is 38.9 Å². The Bertz CT molecular complexity index is 1350.